The maximum atomic E-state index is 12.2. The molecule has 23 heavy (non-hydrogen) atoms. The molecule has 1 aliphatic carbocycles. The van der Waals surface area contributed by atoms with Crippen LogP contribution in [0.5, 0.6) is 0 Å². The van der Waals surface area contributed by atoms with Gasteiger partial charge in [-0.3, -0.25) is 4.79 Å². The van der Waals surface area contributed by atoms with Gasteiger partial charge in [0.2, 0.25) is 0 Å². The number of hydrogen-bond acceptors (Lipinski definition) is 5. The first-order valence-corrected chi connectivity index (χ1v) is 8.61. The van der Waals surface area contributed by atoms with Crippen molar-refractivity contribution in [1.29, 1.82) is 0 Å². The Hall–Kier alpha value is -1.40. The Morgan fingerprint density at radius 3 is 2.57 bits per heavy atom. The van der Waals surface area contributed by atoms with Crippen LogP contribution in [0.2, 0.25) is 0 Å². The van der Waals surface area contributed by atoms with E-state index in [-0.39, 0.29) is 23.9 Å². The molecule has 0 saturated carbocycles. The molecule has 0 saturated heterocycles. The van der Waals surface area contributed by atoms with Gasteiger partial charge in [0.1, 0.15) is 11.6 Å². The van der Waals surface area contributed by atoms with E-state index in [2.05, 4.69) is 26.1 Å². The minimum atomic E-state index is -0.385. The fourth-order valence-electron chi connectivity index (χ4n) is 3.02. The highest BCUT2D eigenvalue weighted by Gasteiger charge is 2.34. The fraction of sp³-hybridized carbons (Fsp3) is 0.647. The van der Waals surface area contributed by atoms with E-state index in [1.165, 1.54) is 30.4 Å². The summed E-state index contributed by atoms with van der Waals surface area (Å²) in [5, 5.41) is 3.37. The van der Waals surface area contributed by atoms with Crippen molar-refractivity contribution < 1.29 is 19.1 Å². The molecule has 1 aromatic heterocycles. The summed E-state index contributed by atoms with van der Waals surface area (Å²) in [5.74, 6) is -0.0743. The molecule has 1 heterocycles. The molecule has 1 N–H and O–H groups in total. The number of ether oxygens (including phenoxy) is 2. The summed E-state index contributed by atoms with van der Waals surface area (Å²) in [6, 6.07) is 0. The van der Waals surface area contributed by atoms with Crippen LogP contribution in [0.3, 0.4) is 0 Å². The first-order chi connectivity index (χ1) is 10.8. The SMILES string of the molecule is COCC(=O)Nc1sc2c(c1C(=O)OC)CCC(C(C)(C)C)C2. The molecule has 1 amide bonds. The summed E-state index contributed by atoms with van der Waals surface area (Å²) in [7, 11) is 2.84. The average Bonchev–Trinajstić information content (AvgIpc) is 2.82. The summed E-state index contributed by atoms with van der Waals surface area (Å²) < 4.78 is 9.76. The molecule has 0 aromatic carbocycles. The second kappa shape index (κ2) is 7.01. The van der Waals surface area contributed by atoms with Gasteiger partial charge in [-0.15, -0.1) is 11.3 Å². The summed E-state index contributed by atoms with van der Waals surface area (Å²) >= 11 is 1.49. The van der Waals surface area contributed by atoms with Crippen molar-refractivity contribution in [2.45, 2.75) is 40.0 Å². The number of fused-ring (bicyclic) bond motifs is 1. The number of nitrogens with one attached hydrogen (secondary N) is 1. The zero-order valence-corrected chi connectivity index (χ0v) is 15.3. The van der Waals surface area contributed by atoms with Crippen LogP contribution in [-0.4, -0.2) is 32.7 Å². The van der Waals surface area contributed by atoms with Crippen molar-refractivity contribution in [3.05, 3.63) is 16.0 Å². The lowest BCUT2D eigenvalue weighted by atomic mass is 9.72. The van der Waals surface area contributed by atoms with Gasteiger partial charge in [0.05, 0.1) is 12.7 Å². The standard InChI is InChI=1S/C17H25NO4S/c1-17(2,3)10-6-7-11-12(8-10)23-15(14(11)16(20)22-5)18-13(19)9-21-4/h10H,6-9H2,1-5H3,(H,18,19). The zero-order chi connectivity index (χ0) is 17.2. The molecule has 0 spiro atoms. The number of carbonyl (C=O) groups excluding carboxylic acids is 2. The number of methoxy groups -OCH3 is 2. The van der Waals surface area contributed by atoms with E-state index in [0.717, 1.165) is 24.8 Å². The predicted octanol–water partition coefficient (Wildman–Crippen LogP) is 3.27. The molecule has 5 nitrogen and oxygen atoms in total. The van der Waals surface area contributed by atoms with Crippen LogP contribution in [-0.2, 0) is 27.1 Å². The van der Waals surface area contributed by atoms with E-state index in [4.69, 9.17) is 9.47 Å². The number of thiophene rings is 1. The number of amides is 1. The van der Waals surface area contributed by atoms with Crippen LogP contribution in [0.1, 0.15) is 48.0 Å². The van der Waals surface area contributed by atoms with Crippen molar-refractivity contribution in [3.8, 4) is 0 Å². The predicted molar refractivity (Wildman–Crippen MR) is 91.1 cm³/mol. The van der Waals surface area contributed by atoms with E-state index in [1.54, 1.807) is 0 Å². The second-order valence-corrected chi connectivity index (χ2v) is 8.09. The molecule has 0 bridgehead atoms. The first kappa shape index (κ1) is 17.9. The van der Waals surface area contributed by atoms with Gasteiger partial charge in [0.15, 0.2) is 0 Å². The van der Waals surface area contributed by atoms with Crippen LogP contribution >= 0.6 is 11.3 Å². The van der Waals surface area contributed by atoms with Crippen molar-refractivity contribution in [1.82, 2.24) is 0 Å². The van der Waals surface area contributed by atoms with Gasteiger partial charge >= 0.3 is 5.97 Å². The van der Waals surface area contributed by atoms with Gasteiger partial charge < -0.3 is 14.8 Å². The molecule has 1 aromatic rings. The largest absolute Gasteiger partial charge is 0.465 e. The Morgan fingerprint density at radius 1 is 1.30 bits per heavy atom. The highest BCUT2D eigenvalue weighted by Crippen LogP contribution is 2.44. The molecule has 0 radical (unpaired) electrons. The zero-order valence-electron chi connectivity index (χ0n) is 14.4. The van der Waals surface area contributed by atoms with Gasteiger partial charge in [-0.2, -0.15) is 0 Å². The first-order valence-electron chi connectivity index (χ1n) is 7.79. The Labute approximate surface area is 141 Å². The third kappa shape index (κ3) is 3.93. The lowest BCUT2D eigenvalue weighted by Crippen LogP contribution is -2.26. The minimum Gasteiger partial charge on any atom is -0.465 e. The maximum Gasteiger partial charge on any atom is 0.341 e. The topological polar surface area (TPSA) is 64.6 Å². The number of rotatable bonds is 4. The summed E-state index contributed by atoms with van der Waals surface area (Å²) in [6.45, 7) is 6.71. The summed E-state index contributed by atoms with van der Waals surface area (Å²) in [6.07, 6.45) is 2.83. The highest BCUT2D eigenvalue weighted by molar-refractivity contribution is 7.17. The quantitative estimate of drug-likeness (QED) is 0.855. The molecule has 2 rings (SSSR count). The Morgan fingerprint density at radius 2 is 2.00 bits per heavy atom. The Balaban J connectivity index is 2.35. The number of carbonyl (C=O) groups is 2. The van der Waals surface area contributed by atoms with E-state index >= 15 is 0 Å². The summed E-state index contributed by atoms with van der Waals surface area (Å²) in [4.78, 5) is 25.2. The van der Waals surface area contributed by atoms with Crippen molar-refractivity contribution in [3.63, 3.8) is 0 Å². The van der Waals surface area contributed by atoms with Crippen molar-refractivity contribution in [2.24, 2.45) is 11.3 Å². The lowest BCUT2D eigenvalue weighted by molar-refractivity contribution is -0.119. The molecular formula is C17H25NO4S. The number of hydrogen-bond donors (Lipinski definition) is 1. The highest BCUT2D eigenvalue weighted by atomic mass is 32.1. The lowest BCUT2D eigenvalue weighted by Gasteiger charge is -2.33. The van der Waals surface area contributed by atoms with Crippen LogP contribution in [0.4, 0.5) is 5.00 Å². The third-order valence-electron chi connectivity index (χ3n) is 4.41. The Bertz CT molecular complexity index is 600. The molecule has 1 atom stereocenters. The van der Waals surface area contributed by atoms with Crippen LogP contribution in [0.25, 0.3) is 0 Å². The van der Waals surface area contributed by atoms with E-state index in [9.17, 15) is 9.59 Å². The fourth-order valence-corrected chi connectivity index (χ4v) is 4.36. The maximum absolute atomic E-state index is 12.2. The van der Waals surface area contributed by atoms with Crippen LogP contribution in [0, 0.1) is 11.3 Å². The summed E-state index contributed by atoms with van der Waals surface area (Å²) in [5.41, 5.74) is 1.78. The smallest absolute Gasteiger partial charge is 0.341 e. The third-order valence-corrected chi connectivity index (χ3v) is 5.58. The van der Waals surface area contributed by atoms with Crippen LogP contribution < -0.4 is 5.32 Å². The monoisotopic (exact) mass is 339 g/mol. The van der Waals surface area contributed by atoms with Crippen LogP contribution in [0.15, 0.2) is 0 Å². The normalized spacial score (nSPS) is 17.5. The number of anilines is 1. The van der Waals surface area contributed by atoms with Gasteiger partial charge in [0, 0.05) is 12.0 Å². The van der Waals surface area contributed by atoms with E-state index in [1.807, 2.05) is 0 Å². The molecule has 1 aliphatic rings. The average molecular weight is 339 g/mol. The minimum absolute atomic E-state index is 0.0339. The van der Waals surface area contributed by atoms with Gasteiger partial charge in [-0.1, -0.05) is 20.8 Å². The molecule has 128 valence electrons. The molecule has 0 aliphatic heterocycles. The number of esters is 1. The van der Waals surface area contributed by atoms with Gasteiger partial charge in [0.25, 0.3) is 5.91 Å². The van der Waals surface area contributed by atoms with Crippen molar-refractivity contribution >= 4 is 28.2 Å². The second-order valence-electron chi connectivity index (χ2n) is 6.99. The molecular weight excluding hydrogens is 314 g/mol. The molecule has 0 fully saturated rings. The Kier molecular flexibility index (Phi) is 5.47. The van der Waals surface area contributed by atoms with Gasteiger partial charge in [-0.25, -0.2) is 4.79 Å². The van der Waals surface area contributed by atoms with Gasteiger partial charge in [-0.05, 0) is 36.2 Å². The van der Waals surface area contributed by atoms with E-state index < -0.39 is 0 Å². The molecule has 6 heteroatoms. The molecule has 1 unspecified atom stereocenters. The van der Waals surface area contributed by atoms with E-state index in [0.29, 0.717) is 16.5 Å². The van der Waals surface area contributed by atoms with Crippen molar-refractivity contribution in [2.75, 3.05) is 26.1 Å².